The number of aliphatic hydroxyl groups is 1. The average Bonchev–Trinajstić information content (AvgIpc) is 2.55. The average molecular weight is 168 g/mol. The molecule has 2 saturated carbocycles. The Kier molecular flexibility index (Phi) is 1.76. The van der Waals surface area contributed by atoms with Gasteiger partial charge in [-0.1, -0.05) is 27.2 Å². The first-order chi connectivity index (χ1) is 5.59. The first-order valence-corrected chi connectivity index (χ1v) is 5.20. The summed E-state index contributed by atoms with van der Waals surface area (Å²) >= 11 is 0. The molecule has 0 saturated heterocycles. The Hall–Kier alpha value is -0.0400. The van der Waals surface area contributed by atoms with E-state index in [2.05, 4.69) is 20.8 Å². The Labute approximate surface area is 75.2 Å². The van der Waals surface area contributed by atoms with Crippen molar-refractivity contribution in [3.8, 4) is 0 Å². The van der Waals surface area contributed by atoms with Gasteiger partial charge in [-0.2, -0.15) is 0 Å². The number of aliphatic hydroxyl groups excluding tert-OH is 1. The summed E-state index contributed by atoms with van der Waals surface area (Å²) in [6, 6.07) is 0. The fourth-order valence-electron chi connectivity index (χ4n) is 3.49. The van der Waals surface area contributed by atoms with Gasteiger partial charge in [-0.3, -0.25) is 0 Å². The Bertz CT molecular complexity index is 185. The zero-order valence-corrected chi connectivity index (χ0v) is 8.38. The molecule has 0 aromatic heterocycles. The molecular weight excluding hydrogens is 148 g/mol. The smallest absolute Gasteiger partial charge is 0.0464 e. The molecule has 0 aromatic rings. The van der Waals surface area contributed by atoms with Crippen LogP contribution in [0.2, 0.25) is 0 Å². The van der Waals surface area contributed by atoms with Gasteiger partial charge in [-0.15, -0.1) is 0 Å². The molecule has 12 heavy (non-hydrogen) atoms. The summed E-state index contributed by atoms with van der Waals surface area (Å²) in [5, 5.41) is 9.29. The lowest BCUT2D eigenvalue weighted by Crippen LogP contribution is -2.23. The standard InChI is InChI=1S/C11H20O/c1-7-4-5-9-10(8(7)6-12)11(9,2)3/h7-10,12H,4-6H2,1-3H3. The summed E-state index contributed by atoms with van der Waals surface area (Å²) in [6.45, 7) is 7.43. The molecule has 4 unspecified atom stereocenters. The predicted octanol–water partition coefficient (Wildman–Crippen LogP) is 2.30. The van der Waals surface area contributed by atoms with Gasteiger partial charge in [0.15, 0.2) is 0 Å². The van der Waals surface area contributed by atoms with Crippen molar-refractivity contribution in [3.63, 3.8) is 0 Å². The SMILES string of the molecule is CC1CCC2C(C1CO)C2(C)C. The molecule has 1 nitrogen and oxygen atoms in total. The van der Waals surface area contributed by atoms with Crippen LogP contribution in [0.5, 0.6) is 0 Å². The third-order valence-corrected chi connectivity index (χ3v) is 4.48. The fraction of sp³-hybridized carbons (Fsp3) is 1.00. The van der Waals surface area contributed by atoms with E-state index in [1.807, 2.05) is 0 Å². The number of hydrogen-bond acceptors (Lipinski definition) is 1. The molecule has 2 fully saturated rings. The molecule has 2 aliphatic carbocycles. The number of rotatable bonds is 1. The summed E-state index contributed by atoms with van der Waals surface area (Å²) in [4.78, 5) is 0. The van der Waals surface area contributed by atoms with Gasteiger partial charge in [0.05, 0.1) is 0 Å². The van der Waals surface area contributed by atoms with Gasteiger partial charge >= 0.3 is 0 Å². The molecule has 0 bridgehead atoms. The minimum Gasteiger partial charge on any atom is -0.396 e. The van der Waals surface area contributed by atoms with Gasteiger partial charge in [0.2, 0.25) is 0 Å². The molecule has 0 heterocycles. The zero-order chi connectivity index (χ0) is 8.93. The van der Waals surface area contributed by atoms with E-state index in [9.17, 15) is 5.11 Å². The molecule has 1 heteroatoms. The highest BCUT2D eigenvalue weighted by molar-refractivity contribution is 5.10. The van der Waals surface area contributed by atoms with Crippen LogP contribution in [-0.2, 0) is 0 Å². The molecule has 2 aliphatic rings. The van der Waals surface area contributed by atoms with Gasteiger partial charge in [0.1, 0.15) is 0 Å². The Morgan fingerprint density at radius 2 is 2.00 bits per heavy atom. The third kappa shape index (κ3) is 0.953. The Balaban J connectivity index is 2.12. The van der Waals surface area contributed by atoms with Crippen molar-refractivity contribution < 1.29 is 5.11 Å². The van der Waals surface area contributed by atoms with Gasteiger partial charge in [-0.05, 0) is 35.5 Å². The van der Waals surface area contributed by atoms with E-state index in [1.54, 1.807) is 0 Å². The topological polar surface area (TPSA) is 20.2 Å². The van der Waals surface area contributed by atoms with Gasteiger partial charge in [0.25, 0.3) is 0 Å². The second-order valence-electron chi connectivity index (χ2n) is 5.35. The summed E-state index contributed by atoms with van der Waals surface area (Å²) in [6.07, 6.45) is 2.73. The van der Waals surface area contributed by atoms with Crippen LogP contribution in [-0.4, -0.2) is 11.7 Å². The summed E-state index contributed by atoms with van der Waals surface area (Å²) in [5.74, 6) is 3.09. The van der Waals surface area contributed by atoms with Crippen LogP contribution < -0.4 is 0 Å². The van der Waals surface area contributed by atoms with E-state index in [4.69, 9.17) is 0 Å². The van der Waals surface area contributed by atoms with Crippen LogP contribution in [0.3, 0.4) is 0 Å². The molecule has 0 amide bonds. The highest BCUT2D eigenvalue weighted by Crippen LogP contribution is 2.67. The minimum absolute atomic E-state index is 0.408. The molecule has 0 spiro atoms. The van der Waals surface area contributed by atoms with Crippen molar-refractivity contribution in [2.24, 2.45) is 29.1 Å². The second kappa shape index (κ2) is 2.47. The van der Waals surface area contributed by atoms with E-state index in [-0.39, 0.29) is 0 Å². The van der Waals surface area contributed by atoms with Crippen LogP contribution in [0, 0.1) is 29.1 Å². The maximum atomic E-state index is 9.29. The third-order valence-electron chi connectivity index (χ3n) is 4.48. The molecular formula is C11H20O. The maximum absolute atomic E-state index is 9.29. The molecule has 0 aliphatic heterocycles. The second-order valence-corrected chi connectivity index (χ2v) is 5.35. The molecule has 0 aromatic carbocycles. The van der Waals surface area contributed by atoms with E-state index >= 15 is 0 Å². The largest absolute Gasteiger partial charge is 0.396 e. The highest BCUT2D eigenvalue weighted by atomic mass is 16.3. The van der Waals surface area contributed by atoms with Crippen LogP contribution in [0.25, 0.3) is 0 Å². The fourth-order valence-corrected chi connectivity index (χ4v) is 3.49. The van der Waals surface area contributed by atoms with E-state index in [0.717, 1.165) is 17.8 Å². The zero-order valence-electron chi connectivity index (χ0n) is 8.38. The quantitative estimate of drug-likeness (QED) is 0.637. The lowest BCUT2D eigenvalue weighted by Gasteiger charge is -2.26. The van der Waals surface area contributed by atoms with Crippen molar-refractivity contribution >= 4 is 0 Å². The van der Waals surface area contributed by atoms with Gasteiger partial charge in [0, 0.05) is 6.61 Å². The summed E-state index contributed by atoms with van der Waals surface area (Å²) in [7, 11) is 0. The minimum atomic E-state index is 0.408. The van der Waals surface area contributed by atoms with Crippen molar-refractivity contribution in [1.82, 2.24) is 0 Å². The summed E-state index contributed by atoms with van der Waals surface area (Å²) in [5.41, 5.74) is 0.540. The normalized spacial score (nSPS) is 50.0. The molecule has 2 rings (SSSR count). The van der Waals surface area contributed by atoms with Crippen molar-refractivity contribution in [3.05, 3.63) is 0 Å². The van der Waals surface area contributed by atoms with Crippen molar-refractivity contribution in [1.29, 1.82) is 0 Å². The Morgan fingerprint density at radius 1 is 1.33 bits per heavy atom. The molecule has 70 valence electrons. The lowest BCUT2D eigenvalue weighted by atomic mass is 9.80. The first-order valence-electron chi connectivity index (χ1n) is 5.20. The van der Waals surface area contributed by atoms with Gasteiger partial charge in [-0.25, -0.2) is 0 Å². The number of hydrogen-bond donors (Lipinski definition) is 1. The molecule has 1 N–H and O–H groups in total. The van der Waals surface area contributed by atoms with E-state index in [1.165, 1.54) is 12.8 Å². The van der Waals surface area contributed by atoms with Crippen LogP contribution in [0.15, 0.2) is 0 Å². The molecule has 0 radical (unpaired) electrons. The van der Waals surface area contributed by atoms with E-state index in [0.29, 0.717) is 17.9 Å². The summed E-state index contributed by atoms with van der Waals surface area (Å²) < 4.78 is 0. The number of fused-ring (bicyclic) bond motifs is 1. The first kappa shape index (κ1) is 8.55. The van der Waals surface area contributed by atoms with Crippen molar-refractivity contribution in [2.45, 2.75) is 33.6 Å². The van der Waals surface area contributed by atoms with Crippen LogP contribution in [0.1, 0.15) is 33.6 Å². The van der Waals surface area contributed by atoms with Crippen LogP contribution >= 0.6 is 0 Å². The van der Waals surface area contributed by atoms with Gasteiger partial charge < -0.3 is 5.11 Å². The predicted molar refractivity (Wildman–Crippen MR) is 49.7 cm³/mol. The Morgan fingerprint density at radius 3 is 2.50 bits per heavy atom. The van der Waals surface area contributed by atoms with E-state index < -0.39 is 0 Å². The lowest BCUT2D eigenvalue weighted by molar-refractivity contribution is 0.128. The van der Waals surface area contributed by atoms with Crippen molar-refractivity contribution in [2.75, 3.05) is 6.61 Å². The molecule has 4 atom stereocenters. The highest BCUT2D eigenvalue weighted by Gasteiger charge is 2.62. The van der Waals surface area contributed by atoms with Crippen LogP contribution in [0.4, 0.5) is 0 Å². The monoisotopic (exact) mass is 168 g/mol. The maximum Gasteiger partial charge on any atom is 0.0464 e.